The summed E-state index contributed by atoms with van der Waals surface area (Å²) in [5.74, 6) is 1.15. The quantitative estimate of drug-likeness (QED) is 0.805. The normalized spacial score (nSPS) is 14.6. The monoisotopic (exact) mass is 305 g/mol. The van der Waals surface area contributed by atoms with Gasteiger partial charge in [-0.05, 0) is 50.3 Å². The zero-order valence-corrected chi connectivity index (χ0v) is 13.2. The van der Waals surface area contributed by atoms with Crippen LogP contribution in [0.3, 0.4) is 0 Å². The number of halogens is 1. The predicted molar refractivity (Wildman–Crippen MR) is 84.9 cm³/mol. The highest BCUT2D eigenvalue weighted by atomic mass is 35.5. The summed E-state index contributed by atoms with van der Waals surface area (Å²) in [7, 11) is 0. The summed E-state index contributed by atoms with van der Waals surface area (Å²) >= 11 is 6.03. The number of aryl methyl sites for hydroxylation is 1. The van der Waals surface area contributed by atoms with Crippen LogP contribution in [0.1, 0.15) is 42.3 Å². The van der Waals surface area contributed by atoms with E-state index < -0.39 is 0 Å². The minimum absolute atomic E-state index is 0.00794. The Bertz CT molecular complexity index is 673. The minimum Gasteiger partial charge on any atom is -0.451 e. The van der Waals surface area contributed by atoms with Gasteiger partial charge < -0.3 is 9.32 Å². The maximum atomic E-state index is 12.8. The van der Waals surface area contributed by atoms with E-state index in [1.54, 1.807) is 6.07 Å². The average Bonchev–Trinajstić information content (AvgIpc) is 3.22. The Morgan fingerprint density at radius 1 is 1.43 bits per heavy atom. The summed E-state index contributed by atoms with van der Waals surface area (Å²) in [6, 6.07) is 5.47. The Kier molecular flexibility index (Phi) is 3.94. The van der Waals surface area contributed by atoms with Gasteiger partial charge in [0.05, 0.1) is 0 Å². The van der Waals surface area contributed by atoms with Crippen LogP contribution in [-0.2, 0) is 0 Å². The van der Waals surface area contributed by atoms with Crippen LogP contribution in [-0.4, -0.2) is 23.9 Å². The molecule has 0 aliphatic heterocycles. The van der Waals surface area contributed by atoms with Gasteiger partial charge >= 0.3 is 0 Å². The van der Waals surface area contributed by atoms with Gasteiger partial charge in [-0.3, -0.25) is 4.79 Å². The van der Waals surface area contributed by atoms with Gasteiger partial charge in [-0.2, -0.15) is 0 Å². The van der Waals surface area contributed by atoms with Gasteiger partial charge in [0.1, 0.15) is 5.58 Å². The third-order valence-electron chi connectivity index (χ3n) is 4.05. The van der Waals surface area contributed by atoms with E-state index in [2.05, 4.69) is 6.92 Å². The Hall–Kier alpha value is -1.48. The standard InChI is InChI=1S/C17H20ClNO2/c1-3-8-19(10-12-4-5-12)17(20)16-11(2)14-9-13(18)6-7-15(14)21-16/h6-7,9,12H,3-5,8,10H2,1-2H3. The number of fused-ring (bicyclic) bond motifs is 1. The fraction of sp³-hybridized carbons (Fsp3) is 0.471. The number of nitrogens with zero attached hydrogens (tertiary/aromatic N) is 1. The van der Waals surface area contributed by atoms with Gasteiger partial charge in [0.25, 0.3) is 5.91 Å². The van der Waals surface area contributed by atoms with E-state index in [0.717, 1.165) is 36.0 Å². The molecule has 0 N–H and O–H groups in total. The molecule has 0 spiro atoms. The van der Waals surface area contributed by atoms with Crippen molar-refractivity contribution in [2.24, 2.45) is 5.92 Å². The molecule has 1 heterocycles. The molecule has 0 unspecified atom stereocenters. The Morgan fingerprint density at radius 3 is 2.86 bits per heavy atom. The Morgan fingerprint density at radius 2 is 2.19 bits per heavy atom. The van der Waals surface area contributed by atoms with Gasteiger partial charge in [0, 0.05) is 29.1 Å². The molecule has 0 bridgehead atoms. The largest absolute Gasteiger partial charge is 0.451 e. The number of carbonyl (C=O) groups excluding carboxylic acids is 1. The molecule has 2 aromatic rings. The lowest BCUT2D eigenvalue weighted by Gasteiger charge is -2.21. The predicted octanol–water partition coefficient (Wildman–Crippen LogP) is 4.66. The van der Waals surface area contributed by atoms with Crippen LogP contribution in [0.25, 0.3) is 11.0 Å². The zero-order valence-electron chi connectivity index (χ0n) is 12.5. The molecule has 112 valence electrons. The highest BCUT2D eigenvalue weighted by molar-refractivity contribution is 6.31. The molecular formula is C17H20ClNO2. The average molecular weight is 306 g/mol. The molecule has 21 heavy (non-hydrogen) atoms. The Labute approximate surface area is 129 Å². The number of hydrogen-bond acceptors (Lipinski definition) is 2. The number of carbonyl (C=O) groups is 1. The zero-order chi connectivity index (χ0) is 15.0. The first-order valence-corrected chi connectivity index (χ1v) is 7.96. The number of rotatable bonds is 5. The van der Waals surface area contributed by atoms with E-state index in [0.29, 0.717) is 16.7 Å². The van der Waals surface area contributed by atoms with Crippen molar-refractivity contribution in [1.29, 1.82) is 0 Å². The molecule has 0 saturated heterocycles. The lowest BCUT2D eigenvalue weighted by molar-refractivity contribution is 0.0717. The second-order valence-electron chi connectivity index (χ2n) is 5.89. The molecule has 4 heteroatoms. The van der Waals surface area contributed by atoms with Crippen molar-refractivity contribution in [2.45, 2.75) is 33.1 Å². The van der Waals surface area contributed by atoms with Crippen molar-refractivity contribution in [2.75, 3.05) is 13.1 Å². The van der Waals surface area contributed by atoms with Crippen LogP contribution in [0, 0.1) is 12.8 Å². The molecule has 1 amide bonds. The van der Waals surface area contributed by atoms with E-state index >= 15 is 0 Å². The van der Waals surface area contributed by atoms with Crippen LogP contribution in [0.15, 0.2) is 22.6 Å². The molecule has 1 saturated carbocycles. The summed E-state index contributed by atoms with van der Waals surface area (Å²) in [5.41, 5.74) is 1.61. The highest BCUT2D eigenvalue weighted by Gasteiger charge is 2.29. The van der Waals surface area contributed by atoms with E-state index in [9.17, 15) is 4.79 Å². The van der Waals surface area contributed by atoms with Crippen LogP contribution in [0.2, 0.25) is 5.02 Å². The van der Waals surface area contributed by atoms with Crippen molar-refractivity contribution in [1.82, 2.24) is 4.90 Å². The SMILES string of the molecule is CCCN(CC1CC1)C(=O)c1oc2ccc(Cl)cc2c1C. The molecule has 3 nitrogen and oxygen atoms in total. The number of hydrogen-bond donors (Lipinski definition) is 0. The van der Waals surface area contributed by atoms with E-state index in [1.165, 1.54) is 12.8 Å². The molecule has 1 aliphatic carbocycles. The number of furan rings is 1. The maximum absolute atomic E-state index is 12.8. The van der Waals surface area contributed by atoms with Crippen LogP contribution < -0.4 is 0 Å². The van der Waals surface area contributed by atoms with Gasteiger partial charge in [-0.15, -0.1) is 0 Å². The van der Waals surface area contributed by atoms with Crippen molar-refractivity contribution in [3.8, 4) is 0 Å². The van der Waals surface area contributed by atoms with Gasteiger partial charge in [-0.25, -0.2) is 0 Å². The van der Waals surface area contributed by atoms with Gasteiger partial charge in [-0.1, -0.05) is 18.5 Å². The molecule has 3 rings (SSSR count). The van der Waals surface area contributed by atoms with Gasteiger partial charge in [0.15, 0.2) is 5.76 Å². The lowest BCUT2D eigenvalue weighted by Crippen LogP contribution is -2.33. The summed E-state index contributed by atoms with van der Waals surface area (Å²) in [6.45, 7) is 5.66. The van der Waals surface area contributed by atoms with Gasteiger partial charge in [0.2, 0.25) is 0 Å². The molecule has 0 radical (unpaired) electrons. The van der Waals surface area contributed by atoms with Crippen molar-refractivity contribution < 1.29 is 9.21 Å². The molecule has 1 fully saturated rings. The number of amides is 1. The highest BCUT2D eigenvalue weighted by Crippen LogP contribution is 2.32. The topological polar surface area (TPSA) is 33.5 Å². The summed E-state index contributed by atoms with van der Waals surface area (Å²) in [5, 5.41) is 1.59. The summed E-state index contributed by atoms with van der Waals surface area (Å²) in [4.78, 5) is 14.7. The van der Waals surface area contributed by atoms with Crippen LogP contribution in [0.5, 0.6) is 0 Å². The van der Waals surface area contributed by atoms with Crippen LogP contribution >= 0.6 is 11.6 Å². The van der Waals surface area contributed by atoms with E-state index in [1.807, 2.05) is 24.0 Å². The summed E-state index contributed by atoms with van der Waals surface area (Å²) < 4.78 is 5.80. The fourth-order valence-corrected chi connectivity index (χ4v) is 2.87. The molecular weight excluding hydrogens is 286 g/mol. The first kappa shape index (κ1) is 14.5. The third kappa shape index (κ3) is 2.93. The first-order valence-electron chi connectivity index (χ1n) is 7.58. The van der Waals surface area contributed by atoms with E-state index in [-0.39, 0.29) is 5.91 Å². The van der Waals surface area contributed by atoms with E-state index in [4.69, 9.17) is 16.0 Å². The molecule has 0 atom stereocenters. The smallest absolute Gasteiger partial charge is 0.289 e. The molecule has 1 aromatic heterocycles. The van der Waals surface area contributed by atoms with Crippen molar-refractivity contribution >= 4 is 28.5 Å². The van der Waals surface area contributed by atoms with Crippen molar-refractivity contribution in [3.63, 3.8) is 0 Å². The number of benzene rings is 1. The fourth-order valence-electron chi connectivity index (χ4n) is 2.70. The maximum Gasteiger partial charge on any atom is 0.289 e. The Balaban J connectivity index is 1.93. The van der Waals surface area contributed by atoms with Crippen LogP contribution in [0.4, 0.5) is 0 Å². The third-order valence-corrected chi connectivity index (χ3v) is 4.28. The van der Waals surface area contributed by atoms with Crippen molar-refractivity contribution in [3.05, 3.63) is 34.5 Å². The summed E-state index contributed by atoms with van der Waals surface area (Å²) in [6.07, 6.45) is 3.44. The molecule has 1 aliphatic rings. The minimum atomic E-state index is 0.00794. The molecule has 1 aromatic carbocycles. The second kappa shape index (κ2) is 5.72. The lowest BCUT2D eigenvalue weighted by atomic mass is 10.1. The second-order valence-corrected chi connectivity index (χ2v) is 6.33. The first-order chi connectivity index (χ1) is 10.1.